The number of ether oxygens (including phenoxy) is 1. The van der Waals surface area contributed by atoms with E-state index in [1.165, 1.54) is 23.9 Å². The lowest BCUT2D eigenvalue weighted by Crippen LogP contribution is -2.09. The summed E-state index contributed by atoms with van der Waals surface area (Å²) in [6.07, 6.45) is 0.861. The Morgan fingerprint density at radius 2 is 1.90 bits per heavy atom. The van der Waals surface area contributed by atoms with Crippen LogP contribution >= 0.6 is 23.1 Å². The Bertz CT molecular complexity index is 1160. The molecule has 0 bridgehead atoms. The van der Waals surface area contributed by atoms with E-state index in [1.807, 2.05) is 47.2 Å². The highest BCUT2D eigenvalue weighted by Crippen LogP contribution is 2.28. The number of para-hydroxylation sites is 1. The lowest BCUT2D eigenvalue weighted by Gasteiger charge is -2.10. The van der Waals surface area contributed by atoms with Crippen molar-refractivity contribution in [3.05, 3.63) is 76.5 Å². The molecular weight excluding hydrogens is 435 g/mol. The summed E-state index contributed by atoms with van der Waals surface area (Å²) in [5, 5.41) is 12.0. The van der Waals surface area contributed by atoms with Gasteiger partial charge in [-0.15, -0.1) is 21.5 Å². The van der Waals surface area contributed by atoms with Crippen molar-refractivity contribution in [2.75, 3.05) is 5.75 Å². The highest BCUT2D eigenvalue weighted by molar-refractivity contribution is 7.99. The van der Waals surface area contributed by atoms with Gasteiger partial charge in [-0.05, 0) is 42.8 Å². The second kappa shape index (κ2) is 9.84. The summed E-state index contributed by atoms with van der Waals surface area (Å²) in [5.41, 5.74) is 2.32. The van der Waals surface area contributed by atoms with Gasteiger partial charge in [0.15, 0.2) is 11.0 Å². The van der Waals surface area contributed by atoms with Gasteiger partial charge in [-0.3, -0.25) is 9.36 Å². The first-order valence-electron chi connectivity index (χ1n) is 9.62. The topological polar surface area (TPSA) is 69.9 Å². The minimum Gasteiger partial charge on any atom is -0.459 e. The van der Waals surface area contributed by atoms with Gasteiger partial charge in [0.1, 0.15) is 12.4 Å². The molecule has 6 nitrogen and oxygen atoms in total. The molecule has 0 spiro atoms. The number of carbonyl (C=O) groups excluding carboxylic acids is 1. The number of aromatic nitrogens is 4. The predicted octanol–water partition coefficient (Wildman–Crippen LogP) is 4.93. The van der Waals surface area contributed by atoms with Gasteiger partial charge in [-0.2, -0.15) is 0 Å². The molecule has 0 aliphatic rings. The molecule has 0 aliphatic heterocycles. The number of hydrogen-bond donors (Lipinski definition) is 0. The van der Waals surface area contributed by atoms with Crippen LogP contribution in [0, 0.1) is 5.82 Å². The van der Waals surface area contributed by atoms with Gasteiger partial charge in [0.2, 0.25) is 0 Å². The molecule has 4 aromatic rings. The highest BCUT2D eigenvalue weighted by Gasteiger charge is 2.18. The van der Waals surface area contributed by atoms with Crippen LogP contribution < -0.4 is 0 Å². The minimum atomic E-state index is -0.359. The number of rotatable bonds is 8. The van der Waals surface area contributed by atoms with Gasteiger partial charge in [-0.1, -0.05) is 36.9 Å². The molecule has 2 aromatic carbocycles. The van der Waals surface area contributed by atoms with Gasteiger partial charge in [0.05, 0.1) is 16.5 Å². The second-order valence-electron chi connectivity index (χ2n) is 6.52. The fraction of sp³-hybridized carbons (Fsp3) is 0.182. The van der Waals surface area contributed by atoms with E-state index in [-0.39, 0.29) is 24.1 Å². The zero-order valence-corrected chi connectivity index (χ0v) is 18.3. The average Bonchev–Trinajstić information content (AvgIpc) is 3.44. The van der Waals surface area contributed by atoms with E-state index in [1.54, 1.807) is 23.5 Å². The molecule has 0 saturated heterocycles. The monoisotopic (exact) mass is 454 g/mol. The maximum Gasteiger partial charge on any atom is 0.316 e. The Labute approximate surface area is 187 Å². The van der Waals surface area contributed by atoms with Gasteiger partial charge in [0.25, 0.3) is 0 Å². The van der Waals surface area contributed by atoms with E-state index in [9.17, 15) is 9.18 Å². The van der Waals surface area contributed by atoms with E-state index in [0.29, 0.717) is 11.0 Å². The molecule has 2 aromatic heterocycles. The Kier molecular flexibility index (Phi) is 6.73. The van der Waals surface area contributed by atoms with Crippen LogP contribution in [0.2, 0.25) is 0 Å². The molecule has 31 heavy (non-hydrogen) atoms. The molecule has 0 saturated carbocycles. The number of thiazole rings is 1. The Balaban J connectivity index is 1.50. The van der Waals surface area contributed by atoms with Crippen molar-refractivity contribution >= 4 is 29.1 Å². The number of halogens is 1. The van der Waals surface area contributed by atoms with Gasteiger partial charge < -0.3 is 4.74 Å². The van der Waals surface area contributed by atoms with Crippen molar-refractivity contribution < 1.29 is 13.9 Å². The molecule has 0 amide bonds. The van der Waals surface area contributed by atoms with Crippen LogP contribution in [0.5, 0.6) is 0 Å². The van der Waals surface area contributed by atoms with Crippen LogP contribution in [0.1, 0.15) is 17.6 Å². The van der Waals surface area contributed by atoms with Crippen molar-refractivity contribution in [2.24, 2.45) is 0 Å². The lowest BCUT2D eigenvalue weighted by atomic mass is 10.2. The van der Waals surface area contributed by atoms with Crippen LogP contribution in [0.3, 0.4) is 0 Å². The first kappa shape index (κ1) is 21.2. The molecule has 0 N–H and O–H groups in total. The zero-order valence-electron chi connectivity index (χ0n) is 16.7. The quantitative estimate of drug-likeness (QED) is 0.278. The maximum absolute atomic E-state index is 13.4. The van der Waals surface area contributed by atoms with Crippen LogP contribution in [0.4, 0.5) is 4.39 Å². The summed E-state index contributed by atoms with van der Waals surface area (Å²) in [6, 6.07) is 15.6. The lowest BCUT2D eigenvalue weighted by molar-refractivity contribution is -0.141. The Hall–Kier alpha value is -3.04. The molecule has 0 atom stereocenters. The molecule has 9 heteroatoms. The molecule has 4 rings (SSSR count). The van der Waals surface area contributed by atoms with Gasteiger partial charge in [-0.25, -0.2) is 9.37 Å². The average molecular weight is 455 g/mol. The van der Waals surface area contributed by atoms with Crippen LogP contribution in [0.15, 0.2) is 65.1 Å². The zero-order chi connectivity index (χ0) is 21.6. The van der Waals surface area contributed by atoms with E-state index in [2.05, 4.69) is 15.2 Å². The Morgan fingerprint density at radius 1 is 1.13 bits per heavy atom. The highest BCUT2D eigenvalue weighted by atomic mass is 32.2. The number of aryl methyl sites for hydroxylation is 1. The molecule has 2 heterocycles. The normalized spacial score (nSPS) is 10.9. The molecule has 158 valence electrons. The Morgan fingerprint density at radius 3 is 2.61 bits per heavy atom. The smallest absolute Gasteiger partial charge is 0.316 e. The first-order chi connectivity index (χ1) is 15.1. The number of hydrogen-bond acceptors (Lipinski definition) is 7. The predicted molar refractivity (Wildman–Crippen MR) is 119 cm³/mol. The number of thioether (sulfide) groups is 1. The summed E-state index contributed by atoms with van der Waals surface area (Å²) < 4.78 is 20.5. The first-order valence-corrected chi connectivity index (χ1v) is 11.5. The van der Waals surface area contributed by atoms with Crippen molar-refractivity contribution in [2.45, 2.75) is 25.1 Å². The van der Waals surface area contributed by atoms with Crippen LogP contribution in [-0.2, 0) is 22.6 Å². The van der Waals surface area contributed by atoms with Crippen molar-refractivity contribution in [3.8, 4) is 17.1 Å². The number of benzene rings is 2. The van der Waals surface area contributed by atoms with Crippen molar-refractivity contribution in [3.63, 3.8) is 0 Å². The third kappa shape index (κ3) is 5.18. The number of esters is 1. The van der Waals surface area contributed by atoms with E-state index in [4.69, 9.17) is 4.74 Å². The molecule has 0 aliphatic carbocycles. The SMILES string of the molecule is CCc1nc(COC(=O)CSc2nnc(-c3ccc(F)cc3)n2-c2ccccc2)cs1. The summed E-state index contributed by atoms with van der Waals surface area (Å²) in [7, 11) is 0. The van der Waals surface area contributed by atoms with Crippen molar-refractivity contribution in [1.29, 1.82) is 0 Å². The van der Waals surface area contributed by atoms with Crippen molar-refractivity contribution in [1.82, 2.24) is 19.7 Å². The van der Waals surface area contributed by atoms with E-state index in [0.717, 1.165) is 28.4 Å². The standard InChI is InChI=1S/C22H19FN4O2S2/c1-2-19-24-17(13-30-19)12-29-20(28)14-31-22-26-25-21(15-8-10-16(23)11-9-15)27(22)18-6-4-3-5-7-18/h3-11,13H,2,12,14H2,1H3. The third-order valence-electron chi connectivity index (χ3n) is 4.35. The fourth-order valence-corrected chi connectivity index (χ4v) is 4.34. The van der Waals surface area contributed by atoms with E-state index >= 15 is 0 Å². The van der Waals surface area contributed by atoms with Gasteiger partial charge >= 0.3 is 5.97 Å². The molecule has 0 radical (unpaired) electrons. The largest absolute Gasteiger partial charge is 0.459 e. The molecule has 0 fully saturated rings. The number of carbonyl (C=O) groups is 1. The number of nitrogens with zero attached hydrogens (tertiary/aromatic N) is 4. The third-order valence-corrected chi connectivity index (χ3v) is 6.30. The molecular formula is C22H19FN4O2S2. The minimum absolute atomic E-state index is 0.0825. The van der Waals surface area contributed by atoms with Crippen LogP contribution in [-0.4, -0.2) is 31.5 Å². The second-order valence-corrected chi connectivity index (χ2v) is 8.40. The summed E-state index contributed by atoms with van der Waals surface area (Å²) in [4.78, 5) is 16.7. The van der Waals surface area contributed by atoms with Gasteiger partial charge in [0, 0.05) is 16.6 Å². The summed E-state index contributed by atoms with van der Waals surface area (Å²) >= 11 is 2.80. The van der Waals surface area contributed by atoms with E-state index < -0.39 is 0 Å². The van der Waals surface area contributed by atoms with Crippen LogP contribution in [0.25, 0.3) is 17.1 Å². The molecule has 0 unspecified atom stereocenters. The maximum atomic E-state index is 13.4. The fourth-order valence-electron chi connectivity index (χ4n) is 2.86. The summed E-state index contributed by atoms with van der Waals surface area (Å²) in [6.45, 7) is 2.19. The summed E-state index contributed by atoms with van der Waals surface area (Å²) in [5.74, 6) is -0.0317.